The maximum Gasteiger partial charge on any atom is 0.0769 e. The van der Waals surface area contributed by atoms with Crippen molar-refractivity contribution in [3.05, 3.63) is 0 Å². The van der Waals surface area contributed by atoms with Crippen molar-refractivity contribution < 1.29 is 0 Å². The minimum absolute atomic E-state index is 0.613. The second-order valence-electron chi connectivity index (χ2n) is 1.05. The van der Waals surface area contributed by atoms with Gasteiger partial charge in [-0.25, -0.2) is 0 Å². The topological polar surface area (TPSA) is 76.8 Å². The Morgan fingerprint density at radius 1 is 1.57 bits per heavy atom. The molecule has 0 spiro atoms. The lowest BCUT2D eigenvalue weighted by atomic mass is 10.5. The molecule has 0 heterocycles. The lowest BCUT2D eigenvalue weighted by Gasteiger charge is -1.79. The standard InChI is InChI=1S/C3H8N4/c1-3(7-5)2-6-4/h2H,4-5H2,1H3. The van der Waals surface area contributed by atoms with Gasteiger partial charge in [-0.2, -0.15) is 10.2 Å². The molecule has 0 aromatic rings. The van der Waals surface area contributed by atoms with Gasteiger partial charge in [0.1, 0.15) is 0 Å². The van der Waals surface area contributed by atoms with Crippen molar-refractivity contribution in [2.24, 2.45) is 21.9 Å². The van der Waals surface area contributed by atoms with Crippen LogP contribution in [0.15, 0.2) is 10.2 Å². The number of nitrogens with zero attached hydrogens (tertiary/aromatic N) is 2. The minimum Gasteiger partial charge on any atom is -0.323 e. The highest BCUT2D eigenvalue weighted by Gasteiger charge is 1.75. The number of rotatable bonds is 1. The van der Waals surface area contributed by atoms with Crippen LogP contribution in [0.1, 0.15) is 6.92 Å². The Labute approximate surface area is 41.9 Å². The van der Waals surface area contributed by atoms with Gasteiger partial charge in [-0.05, 0) is 6.92 Å². The van der Waals surface area contributed by atoms with Crippen LogP contribution >= 0.6 is 0 Å². The molecule has 0 amide bonds. The molecule has 4 N–H and O–H groups in total. The normalized spacial score (nSPS) is 13.0. The van der Waals surface area contributed by atoms with Gasteiger partial charge < -0.3 is 11.7 Å². The smallest absolute Gasteiger partial charge is 0.0769 e. The predicted molar refractivity (Wildman–Crippen MR) is 30.0 cm³/mol. The van der Waals surface area contributed by atoms with Crippen LogP contribution in [0.2, 0.25) is 0 Å². The summed E-state index contributed by atoms with van der Waals surface area (Å²) >= 11 is 0. The van der Waals surface area contributed by atoms with Crippen molar-refractivity contribution in [1.29, 1.82) is 0 Å². The Morgan fingerprint density at radius 3 is 2.29 bits per heavy atom. The molecule has 0 aliphatic heterocycles. The lowest BCUT2D eigenvalue weighted by molar-refractivity contribution is 1.24. The molecule has 40 valence electrons. The number of hydrogen-bond donors (Lipinski definition) is 2. The molecule has 7 heavy (non-hydrogen) atoms. The largest absolute Gasteiger partial charge is 0.323 e. The highest BCUT2D eigenvalue weighted by Crippen LogP contribution is 1.61. The summed E-state index contributed by atoms with van der Waals surface area (Å²) in [6.45, 7) is 1.70. The van der Waals surface area contributed by atoms with Crippen molar-refractivity contribution >= 4 is 11.9 Å². The van der Waals surface area contributed by atoms with E-state index in [2.05, 4.69) is 10.2 Å². The van der Waals surface area contributed by atoms with Gasteiger partial charge in [0.2, 0.25) is 0 Å². The molecule has 0 rings (SSSR count). The molecule has 0 bridgehead atoms. The van der Waals surface area contributed by atoms with Crippen LogP contribution in [0.25, 0.3) is 0 Å². The summed E-state index contributed by atoms with van der Waals surface area (Å²) in [5.41, 5.74) is 0.613. The van der Waals surface area contributed by atoms with Gasteiger partial charge in [-0.15, -0.1) is 0 Å². The average molecular weight is 100 g/mol. The molecule has 0 unspecified atom stereocenters. The Hall–Kier alpha value is -1.06. The summed E-state index contributed by atoms with van der Waals surface area (Å²) in [6, 6.07) is 0. The fourth-order valence-electron chi connectivity index (χ4n) is 0.141. The van der Waals surface area contributed by atoms with E-state index in [9.17, 15) is 0 Å². The molecular formula is C3H8N4. The molecule has 0 saturated heterocycles. The molecular weight excluding hydrogens is 92.1 g/mol. The third-order valence-electron chi connectivity index (χ3n) is 0.465. The monoisotopic (exact) mass is 100 g/mol. The van der Waals surface area contributed by atoms with Crippen LogP contribution in [0.3, 0.4) is 0 Å². The van der Waals surface area contributed by atoms with Crippen LogP contribution in [0.4, 0.5) is 0 Å². The zero-order valence-electron chi connectivity index (χ0n) is 4.13. The Balaban J connectivity index is 3.58. The summed E-state index contributed by atoms with van der Waals surface area (Å²) in [7, 11) is 0. The van der Waals surface area contributed by atoms with E-state index in [0.717, 1.165) is 0 Å². The van der Waals surface area contributed by atoms with Gasteiger partial charge >= 0.3 is 0 Å². The van der Waals surface area contributed by atoms with Crippen LogP contribution in [-0.2, 0) is 0 Å². The quantitative estimate of drug-likeness (QED) is 0.259. The summed E-state index contributed by atoms with van der Waals surface area (Å²) in [5, 5.41) is 6.44. The van der Waals surface area contributed by atoms with E-state index in [1.807, 2.05) is 0 Å². The molecule has 0 atom stereocenters. The zero-order chi connectivity index (χ0) is 5.70. The Bertz CT molecular complexity index is 93.1. The lowest BCUT2D eigenvalue weighted by Crippen LogP contribution is -1.98. The van der Waals surface area contributed by atoms with Crippen molar-refractivity contribution in [1.82, 2.24) is 0 Å². The maximum atomic E-state index is 4.80. The summed E-state index contributed by atoms with van der Waals surface area (Å²) < 4.78 is 0. The van der Waals surface area contributed by atoms with E-state index >= 15 is 0 Å². The molecule has 0 aliphatic rings. The summed E-state index contributed by atoms with van der Waals surface area (Å²) in [5.74, 6) is 9.54. The van der Waals surface area contributed by atoms with E-state index < -0.39 is 0 Å². The second-order valence-corrected chi connectivity index (χ2v) is 1.05. The number of hydrazone groups is 2. The van der Waals surface area contributed by atoms with Crippen LogP contribution in [0.5, 0.6) is 0 Å². The van der Waals surface area contributed by atoms with E-state index in [1.165, 1.54) is 6.21 Å². The Morgan fingerprint density at radius 2 is 2.14 bits per heavy atom. The summed E-state index contributed by atoms with van der Waals surface area (Å²) in [6.07, 6.45) is 1.38. The van der Waals surface area contributed by atoms with Gasteiger partial charge in [-0.3, -0.25) is 0 Å². The van der Waals surface area contributed by atoms with Crippen molar-refractivity contribution in [2.45, 2.75) is 6.92 Å². The molecule has 0 aromatic carbocycles. The minimum atomic E-state index is 0.613. The van der Waals surface area contributed by atoms with Crippen molar-refractivity contribution in [3.63, 3.8) is 0 Å². The second kappa shape index (κ2) is 3.14. The predicted octanol–water partition coefficient (Wildman–Crippen LogP) is -0.734. The van der Waals surface area contributed by atoms with Crippen LogP contribution in [0, 0.1) is 0 Å². The van der Waals surface area contributed by atoms with Crippen molar-refractivity contribution in [2.75, 3.05) is 0 Å². The van der Waals surface area contributed by atoms with Gasteiger partial charge in [0.05, 0.1) is 11.9 Å². The highest BCUT2D eigenvalue weighted by molar-refractivity contribution is 6.29. The average Bonchev–Trinajstić information content (AvgIpc) is 1.68. The first kappa shape index (κ1) is 5.94. The summed E-state index contributed by atoms with van der Waals surface area (Å²) in [4.78, 5) is 0. The van der Waals surface area contributed by atoms with Crippen molar-refractivity contribution in [3.8, 4) is 0 Å². The van der Waals surface area contributed by atoms with Gasteiger partial charge in [0, 0.05) is 0 Å². The zero-order valence-corrected chi connectivity index (χ0v) is 4.13. The van der Waals surface area contributed by atoms with E-state index in [0.29, 0.717) is 5.71 Å². The van der Waals surface area contributed by atoms with E-state index in [4.69, 9.17) is 11.7 Å². The van der Waals surface area contributed by atoms with Gasteiger partial charge in [0.25, 0.3) is 0 Å². The first-order valence-corrected chi connectivity index (χ1v) is 1.79. The SMILES string of the molecule is CC(C=NN)=NN. The molecule has 4 heteroatoms. The Kier molecular flexibility index (Phi) is 2.67. The molecule has 4 nitrogen and oxygen atoms in total. The first-order valence-electron chi connectivity index (χ1n) is 1.79. The molecule has 0 aliphatic carbocycles. The van der Waals surface area contributed by atoms with E-state index in [1.54, 1.807) is 6.92 Å². The van der Waals surface area contributed by atoms with Crippen LogP contribution < -0.4 is 11.7 Å². The molecule has 0 radical (unpaired) electrons. The number of hydrogen-bond acceptors (Lipinski definition) is 4. The maximum absolute atomic E-state index is 4.80. The van der Waals surface area contributed by atoms with Gasteiger partial charge in [0.15, 0.2) is 0 Å². The number of nitrogens with two attached hydrogens (primary N) is 2. The fourth-order valence-corrected chi connectivity index (χ4v) is 0.141. The van der Waals surface area contributed by atoms with Crippen LogP contribution in [-0.4, -0.2) is 11.9 Å². The third kappa shape index (κ3) is 2.75. The molecule has 0 saturated carbocycles. The van der Waals surface area contributed by atoms with Gasteiger partial charge in [-0.1, -0.05) is 0 Å². The van der Waals surface area contributed by atoms with E-state index in [-0.39, 0.29) is 0 Å². The molecule has 0 fully saturated rings. The third-order valence-corrected chi connectivity index (χ3v) is 0.465. The first-order chi connectivity index (χ1) is 3.31. The highest BCUT2D eigenvalue weighted by atomic mass is 15.1. The fraction of sp³-hybridized carbons (Fsp3) is 0.333. The molecule has 0 aromatic heterocycles.